The van der Waals surface area contributed by atoms with Crippen molar-refractivity contribution in [3.8, 4) is 0 Å². The van der Waals surface area contributed by atoms with Crippen LogP contribution < -0.4 is 5.32 Å². The van der Waals surface area contributed by atoms with Crippen molar-refractivity contribution in [1.29, 1.82) is 0 Å². The molecule has 2 rings (SSSR count). The highest BCUT2D eigenvalue weighted by Crippen LogP contribution is 2.41. The van der Waals surface area contributed by atoms with E-state index in [-0.39, 0.29) is 12.1 Å². The molecule has 0 spiro atoms. The van der Waals surface area contributed by atoms with Crippen LogP contribution in [0.4, 0.5) is 0 Å². The molecule has 1 aliphatic rings. The molecule has 1 aliphatic carbocycles. The summed E-state index contributed by atoms with van der Waals surface area (Å²) in [7, 11) is 0. The molecule has 1 aromatic heterocycles. The van der Waals surface area contributed by atoms with Crippen LogP contribution in [0.3, 0.4) is 0 Å². The maximum Gasteiger partial charge on any atom is 0.0959 e. The molecule has 1 saturated carbocycles. The molecule has 1 atom stereocenters. The molecule has 2 N–H and O–H groups in total. The normalized spacial score (nSPS) is 19.7. The summed E-state index contributed by atoms with van der Waals surface area (Å²) < 4.78 is 0. The first-order valence-electron chi connectivity index (χ1n) is 5.97. The number of aliphatic hydroxyl groups excluding tert-OH is 1. The van der Waals surface area contributed by atoms with E-state index in [0.717, 1.165) is 18.9 Å². The first kappa shape index (κ1) is 12.0. The van der Waals surface area contributed by atoms with E-state index < -0.39 is 0 Å². The van der Waals surface area contributed by atoms with Gasteiger partial charge >= 0.3 is 0 Å². The van der Waals surface area contributed by atoms with Gasteiger partial charge in [-0.05, 0) is 26.2 Å². The molecular formula is C12H20N2OS. The molecule has 16 heavy (non-hydrogen) atoms. The minimum absolute atomic E-state index is 0.163. The van der Waals surface area contributed by atoms with Gasteiger partial charge in [-0.15, -0.1) is 11.3 Å². The van der Waals surface area contributed by atoms with E-state index in [0.29, 0.717) is 0 Å². The lowest BCUT2D eigenvalue weighted by Gasteiger charge is -2.26. The lowest BCUT2D eigenvalue weighted by atomic mass is 10.0. The molecular weight excluding hydrogens is 220 g/mol. The third-order valence-corrected chi connectivity index (χ3v) is 4.48. The minimum Gasteiger partial charge on any atom is -0.394 e. The average Bonchev–Trinajstić information content (AvgIpc) is 3.06. The second-order valence-corrected chi connectivity index (χ2v) is 6.01. The summed E-state index contributed by atoms with van der Waals surface area (Å²) in [6.07, 6.45) is 5.52. The molecule has 4 heteroatoms. The van der Waals surface area contributed by atoms with Gasteiger partial charge < -0.3 is 10.4 Å². The Hall–Kier alpha value is -0.450. The van der Waals surface area contributed by atoms with E-state index in [1.54, 1.807) is 0 Å². The number of aliphatic hydroxyl groups is 1. The summed E-state index contributed by atoms with van der Waals surface area (Å²) in [5.41, 5.74) is -0.163. The molecule has 0 saturated heterocycles. The summed E-state index contributed by atoms with van der Waals surface area (Å²) in [6.45, 7) is 5.13. The molecule has 0 aromatic carbocycles. The molecule has 0 aliphatic heterocycles. The van der Waals surface area contributed by atoms with Gasteiger partial charge in [-0.2, -0.15) is 0 Å². The third-order valence-electron chi connectivity index (χ3n) is 3.32. The van der Waals surface area contributed by atoms with Crippen LogP contribution in [0, 0.1) is 0 Å². The lowest BCUT2D eigenvalue weighted by molar-refractivity contribution is 0.169. The van der Waals surface area contributed by atoms with E-state index in [9.17, 15) is 5.11 Å². The molecule has 0 radical (unpaired) electrons. The molecule has 1 fully saturated rings. The molecule has 0 amide bonds. The highest BCUT2D eigenvalue weighted by Gasteiger charge is 2.27. The SMILES string of the molecule is CCC(C)(CO)NCc1cnc(C2CC2)s1. The van der Waals surface area contributed by atoms with Gasteiger partial charge in [0.2, 0.25) is 0 Å². The smallest absolute Gasteiger partial charge is 0.0959 e. The summed E-state index contributed by atoms with van der Waals surface area (Å²) >= 11 is 1.81. The van der Waals surface area contributed by atoms with Crippen LogP contribution in [0.25, 0.3) is 0 Å². The highest BCUT2D eigenvalue weighted by molar-refractivity contribution is 7.11. The van der Waals surface area contributed by atoms with E-state index in [1.807, 2.05) is 17.5 Å². The summed E-state index contributed by atoms with van der Waals surface area (Å²) in [5.74, 6) is 0.745. The second kappa shape index (κ2) is 4.82. The van der Waals surface area contributed by atoms with E-state index >= 15 is 0 Å². The lowest BCUT2D eigenvalue weighted by Crippen LogP contribution is -2.44. The Morgan fingerprint density at radius 3 is 2.94 bits per heavy atom. The van der Waals surface area contributed by atoms with Crippen LogP contribution in [0.2, 0.25) is 0 Å². The van der Waals surface area contributed by atoms with Crippen molar-refractivity contribution in [2.24, 2.45) is 0 Å². The Labute approximate surface area is 101 Å². The number of hydrogen-bond donors (Lipinski definition) is 2. The van der Waals surface area contributed by atoms with E-state index in [4.69, 9.17) is 0 Å². The van der Waals surface area contributed by atoms with Crippen LogP contribution in [0.15, 0.2) is 6.20 Å². The number of nitrogens with zero attached hydrogens (tertiary/aromatic N) is 1. The van der Waals surface area contributed by atoms with Crippen molar-refractivity contribution in [2.75, 3.05) is 6.61 Å². The van der Waals surface area contributed by atoms with E-state index in [2.05, 4.69) is 24.1 Å². The fourth-order valence-electron chi connectivity index (χ4n) is 1.52. The standard InChI is InChI=1S/C12H20N2OS/c1-3-12(2,8-15)14-7-10-6-13-11(16-10)9-4-5-9/h6,9,14-15H,3-5,7-8H2,1-2H3. The molecule has 90 valence electrons. The third kappa shape index (κ3) is 2.81. The number of rotatable bonds is 6. The van der Waals surface area contributed by atoms with Gasteiger partial charge in [0, 0.05) is 29.1 Å². The first-order valence-corrected chi connectivity index (χ1v) is 6.79. The minimum atomic E-state index is -0.163. The number of aromatic nitrogens is 1. The molecule has 0 bridgehead atoms. The summed E-state index contributed by atoms with van der Waals surface area (Å²) in [6, 6.07) is 0. The average molecular weight is 240 g/mol. The van der Waals surface area contributed by atoms with Gasteiger partial charge in [0.05, 0.1) is 11.6 Å². The van der Waals surface area contributed by atoms with Gasteiger partial charge in [0.15, 0.2) is 0 Å². The predicted molar refractivity (Wildman–Crippen MR) is 66.7 cm³/mol. The van der Waals surface area contributed by atoms with Crippen LogP contribution in [-0.2, 0) is 6.54 Å². The monoisotopic (exact) mass is 240 g/mol. The Balaban J connectivity index is 1.88. The predicted octanol–water partition coefficient (Wildman–Crippen LogP) is 2.27. The summed E-state index contributed by atoms with van der Waals surface area (Å²) in [5, 5.41) is 14.0. The Bertz CT molecular complexity index is 343. The number of hydrogen-bond acceptors (Lipinski definition) is 4. The number of thiazole rings is 1. The number of nitrogens with one attached hydrogen (secondary N) is 1. The zero-order valence-corrected chi connectivity index (χ0v) is 10.8. The Morgan fingerprint density at radius 1 is 1.62 bits per heavy atom. The largest absolute Gasteiger partial charge is 0.394 e. The topological polar surface area (TPSA) is 45.1 Å². The fraction of sp³-hybridized carbons (Fsp3) is 0.750. The maximum absolute atomic E-state index is 9.29. The first-order chi connectivity index (χ1) is 7.67. The van der Waals surface area contributed by atoms with Gasteiger partial charge in [-0.1, -0.05) is 6.92 Å². The highest BCUT2D eigenvalue weighted by atomic mass is 32.1. The summed E-state index contributed by atoms with van der Waals surface area (Å²) in [4.78, 5) is 5.72. The van der Waals surface area contributed by atoms with Crippen LogP contribution in [0.1, 0.15) is 48.9 Å². The van der Waals surface area contributed by atoms with Crippen molar-refractivity contribution >= 4 is 11.3 Å². The maximum atomic E-state index is 9.29. The van der Waals surface area contributed by atoms with Gasteiger partial charge in [-0.3, -0.25) is 0 Å². The van der Waals surface area contributed by atoms with Gasteiger partial charge in [0.1, 0.15) is 0 Å². The molecule has 3 nitrogen and oxygen atoms in total. The van der Waals surface area contributed by atoms with E-state index in [1.165, 1.54) is 22.7 Å². The van der Waals surface area contributed by atoms with Crippen LogP contribution in [0.5, 0.6) is 0 Å². The Kier molecular flexibility index (Phi) is 3.62. The van der Waals surface area contributed by atoms with Crippen molar-refractivity contribution in [3.05, 3.63) is 16.1 Å². The molecule has 1 heterocycles. The van der Waals surface area contributed by atoms with Crippen molar-refractivity contribution in [3.63, 3.8) is 0 Å². The molecule has 1 unspecified atom stereocenters. The zero-order valence-electron chi connectivity index (χ0n) is 9.99. The van der Waals surface area contributed by atoms with Gasteiger partial charge in [-0.25, -0.2) is 4.98 Å². The van der Waals surface area contributed by atoms with Crippen LogP contribution >= 0.6 is 11.3 Å². The van der Waals surface area contributed by atoms with Crippen molar-refractivity contribution in [1.82, 2.24) is 10.3 Å². The molecule has 1 aromatic rings. The van der Waals surface area contributed by atoms with Crippen molar-refractivity contribution < 1.29 is 5.11 Å². The second-order valence-electron chi connectivity index (χ2n) is 4.86. The Morgan fingerprint density at radius 2 is 2.38 bits per heavy atom. The van der Waals surface area contributed by atoms with Gasteiger partial charge in [0.25, 0.3) is 0 Å². The van der Waals surface area contributed by atoms with Crippen molar-refractivity contribution in [2.45, 2.75) is 51.1 Å². The fourth-order valence-corrected chi connectivity index (χ4v) is 2.54. The van der Waals surface area contributed by atoms with Crippen LogP contribution in [-0.4, -0.2) is 22.2 Å². The zero-order chi connectivity index (χ0) is 11.6. The quantitative estimate of drug-likeness (QED) is 0.802.